The first-order chi connectivity index (χ1) is 5.24. The molecule has 2 N–H and O–H groups in total. The number of aryl methyl sites for hydroxylation is 2. The van der Waals surface area contributed by atoms with Crippen LogP contribution >= 0.6 is 0 Å². The first-order valence-electron chi connectivity index (χ1n) is 3.67. The highest BCUT2D eigenvalue weighted by Gasteiger charge is 1.95. The van der Waals surface area contributed by atoms with Gasteiger partial charge in [0.1, 0.15) is 0 Å². The van der Waals surface area contributed by atoms with Gasteiger partial charge in [-0.1, -0.05) is 23.8 Å². The zero-order valence-corrected chi connectivity index (χ0v) is 6.89. The molecular weight excluding hydrogens is 138 g/mol. The van der Waals surface area contributed by atoms with E-state index in [4.69, 9.17) is 5.21 Å². The molecule has 0 radical (unpaired) electrons. The van der Waals surface area contributed by atoms with Crippen molar-refractivity contribution in [2.45, 2.75) is 20.4 Å². The minimum atomic E-state index is 0.520. The second kappa shape index (κ2) is 3.51. The maximum absolute atomic E-state index is 8.46. The molecule has 11 heavy (non-hydrogen) atoms. The van der Waals surface area contributed by atoms with Gasteiger partial charge in [0.2, 0.25) is 0 Å². The molecule has 0 amide bonds. The summed E-state index contributed by atoms with van der Waals surface area (Å²) in [5, 5.41) is 8.46. The normalized spacial score (nSPS) is 10.1. The monoisotopic (exact) mass is 151 g/mol. The van der Waals surface area contributed by atoms with Gasteiger partial charge in [0.15, 0.2) is 0 Å². The van der Waals surface area contributed by atoms with Crippen molar-refractivity contribution in [2.24, 2.45) is 0 Å². The molecule has 0 aliphatic rings. The van der Waals surface area contributed by atoms with Gasteiger partial charge in [0.25, 0.3) is 0 Å². The number of hydrogen-bond donors (Lipinski definition) is 2. The summed E-state index contributed by atoms with van der Waals surface area (Å²) in [6.07, 6.45) is 0. The van der Waals surface area contributed by atoms with Crippen molar-refractivity contribution in [3.63, 3.8) is 0 Å². The van der Waals surface area contributed by atoms with Gasteiger partial charge in [-0.25, -0.2) is 5.48 Å². The van der Waals surface area contributed by atoms with E-state index in [0.29, 0.717) is 6.54 Å². The van der Waals surface area contributed by atoms with E-state index in [1.54, 1.807) is 0 Å². The van der Waals surface area contributed by atoms with E-state index in [9.17, 15) is 0 Å². The average molecular weight is 151 g/mol. The lowest BCUT2D eigenvalue weighted by molar-refractivity contribution is 0.161. The summed E-state index contributed by atoms with van der Waals surface area (Å²) in [7, 11) is 0. The van der Waals surface area contributed by atoms with Crippen LogP contribution in [0, 0.1) is 13.8 Å². The summed E-state index contributed by atoms with van der Waals surface area (Å²) >= 11 is 0. The van der Waals surface area contributed by atoms with E-state index >= 15 is 0 Å². The van der Waals surface area contributed by atoms with Crippen LogP contribution in [0.3, 0.4) is 0 Å². The first kappa shape index (κ1) is 8.24. The van der Waals surface area contributed by atoms with Gasteiger partial charge in [-0.15, -0.1) is 0 Å². The number of benzene rings is 1. The quantitative estimate of drug-likeness (QED) is 0.631. The van der Waals surface area contributed by atoms with Gasteiger partial charge in [-0.2, -0.15) is 0 Å². The zero-order valence-electron chi connectivity index (χ0n) is 6.89. The van der Waals surface area contributed by atoms with E-state index < -0.39 is 0 Å². The fourth-order valence-electron chi connectivity index (χ4n) is 1.13. The molecule has 2 nitrogen and oxygen atoms in total. The Balaban J connectivity index is 2.90. The van der Waals surface area contributed by atoms with Gasteiger partial charge < -0.3 is 5.21 Å². The summed E-state index contributed by atoms with van der Waals surface area (Å²) in [5.74, 6) is 0. The van der Waals surface area contributed by atoms with Crippen LogP contribution in [0.25, 0.3) is 0 Å². The molecule has 60 valence electrons. The van der Waals surface area contributed by atoms with Crippen LogP contribution in [0.1, 0.15) is 16.7 Å². The van der Waals surface area contributed by atoms with Crippen molar-refractivity contribution in [3.05, 3.63) is 34.9 Å². The van der Waals surface area contributed by atoms with Gasteiger partial charge in [-0.3, -0.25) is 0 Å². The lowest BCUT2D eigenvalue weighted by Crippen LogP contribution is -2.07. The van der Waals surface area contributed by atoms with Crippen LogP contribution < -0.4 is 5.48 Å². The van der Waals surface area contributed by atoms with E-state index in [-0.39, 0.29) is 0 Å². The largest absolute Gasteiger partial charge is 0.316 e. The Morgan fingerprint density at radius 2 is 2.09 bits per heavy atom. The van der Waals surface area contributed by atoms with Crippen LogP contribution in [0.5, 0.6) is 0 Å². The lowest BCUT2D eigenvalue weighted by Gasteiger charge is -2.04. The summed E-state index contributed by atoms with van der Waals surface area (Å²) in [6.45, 7) is 4.62. The summed E-state index contributed by atoms with van der Waals surface area (Å²) in [5.41, 5.74) is 5.75. The molecule has 0 aliphatic heterocycles. The molecule has 2 heteroatoms. The third kappa shape index (κ3) is 2.03. The molecule has 0 spiro atoms. The fourth-order valence-corrected chi connectivity index (χ4v) is 1.13. The van der Waals surface area contributed by atoms with Crippen molar-refractivity contribution in [2.75, 3.05) is 0 Å². The summed E-state index contributed by atoms with van der Waals surface area (Å²) in [4.78, 5) is 0. The number of nitrogens with one attached hydrogen (secondary N) is 1. The summed E-state index contributed by atoms with van der Waals surface area (Å²) in [6, 6.07) is 6.17. The maximum Gasteiger partial charge on any atom is 0.0460 e. The molecule has 1 aromatic carbocycles. The van der Waals surface area contributed by atoms with Crippen molar-refractivity contribution < 1.29 is 5.21 Å². The van der Waals surface area contributed by atoms with Crippen molar-refractivity contribution in [1.29, 1.82) is 0 Å². The zero-order chi connectivity index (χ0) is 8.27. The maximum atomic E-state index is 8.46. The average Bonchev–Trinajstić information content (AvgIpc) is 1.95. The Labute approximate surface area is 66.8 Å². The van der Waals surface area contributed by atoms with E-state index in [1.807, 2.05) is 19.1 Å². The topological polar surface area (TPSA) is 32.3 Å². The fraction of sp³-hybridized carbons (Fsp3) is 0.333. The van der Waals surface area contributed by atoms with Crippen molar-refractivity contribution in [1.82, 2.24) is 5.48 Å². The Bertz CT molecular complexity index is 245. The van der Waals surface area contributed by atoms with Gasteiger partial charge in [0, 0.05) is 6.54 Å². The number of hydroxylamine groups is 1. The highest BCUT2D eigenvalue weighted by molar-refractivity contribution is 5.29. The highest BCUT2D eigenvalue weighted by atomic mass is 16.5. The molecular formula is C9H13NO. The third-order valence-electron chi connectivity index (χ3n) is 1.77. The van der Waals surface area contributed by atoms with Crippen LogP contribution in [0.15, 0.2) is 18.2 Å². The Morgan fingerprint density at radius 1 is 1.36 bits per heavy atom. The van der Waals surface area contributed by atoms with Crippen LogP contribution in [0.4, 0.5) is 0 Å². The van der Waals surface area contributed by atoms with Gasteiger partial charge >= 0.3 is 0 Å². The Kier molecular flexibility index (Phi) is 2.63. The second-order valence-corrected chi connectivity index (χ2v) is 2.76. The molecule has 1 rings (SSSR count). The standard InChI is InChI=1S/C9H13NO/c1-7-3-4-9(6-10-11)8(2)5-7/h3-5,10-11H,6H2,1-2H3. The smallest absolute Gasteiger partial charge is 0.0460 e. The summed E-state index contributed by atoms with van der Waals surface area (Å²) < 4.78 is 0. The molecule has 0 aromatic heterocycles. The van der Waals surface area contributed by atoms with E-state index in [0.717, 1.165) is 5.56 Å². The number of rotatable bonds is 2. The third-order valence-corrected chi connectivity index (χ3v) is 1.77. The van der Waals surface area contributed by atoms with Crippen LogP contribution in [-0.4, -0.2) is 5.21 Å². The highest BCUT2D eigenvalue weighted by Crippen LogP contribution is 2.09. The predicted octanol–water partition coefficient (Wildman–Crippen LogP) is 1.78. The van der Waals surface area contributed by atoms with Gasteiger partial charge in [-0.05, 0) is 25.0 Å². The van der Waals surface area contributed by atoms with Crippen molar-refractivity contribution >= 4 is 0 Å². The van der Waals surface area contributed by atoms with Crippen LogP contribution in [-0.2, 0) is 6.54 Å². The molecule has 0 heterocycles. The SMILES string of the molecule is Cc1ccc(CNO)c(C)c1. The molecule has 0 aliphatic carbocycles. The van der Waals surface area contributed by atoms with E-state index in [2.05, 4.69) is 18.5 Å². The Morgan fingerprint density at radius 3 is 2.64 bits per heavy atom. The van der Waals surface area contributed by atoms with Gasteiger partial charge in [0.05, 0.1) is 0 Å². The minimum Gasteiger partial charge on any atom is -0.316 e. The Hall–Kier alpha value is -0.860. The molecule has 0 saturated carbocycles. The van der Waals surface area contributed by atoms with Crippen LogP contribution in [0.2, 0.25) is 0 Å². The molecule has 0 unspecified atom stereocenters. The predicted molar refractivity (Wildman–Crippen MR) is 44.5 cm³/mol. The minimum absolute atomic E-state index is 0.520. The van der Waals surface area contributed by atoms with E-state index in [1.165, 1.54) is 11.1 Å². The molecule has 1 aromatic rings. The first-order valence-corrected chi connectivity index (χ1v) is 3.67. The second-order valence-electron chi connectivity index (χ2n) is 2.76. The van der Waals surface area contributed by atoms with Crippen molar-refractivity contribution in [3.8, 4) is 0 Å². The molecule has 0 atom stereocenters. The molecule has 0 bridgehead atoms. The molecule has 0 saturated heterocycles. The molecule has 0 fully saturated rings. The number of hydrogen-bond acceptors (Lipinski definition) is 2. The lowest BCUT2D eigenvalue weighted by atomic mass is 10.1.